The van der Waals surface area contributed by atoms with E-state index < -0.39 is 6.10 Å². The van der Waals surface area contributed by atoms with Crippen molar-refractivity contribution in [1.29, 1.82) is 0 Å². The predicted molar refractivity (Wildman–Crippen MR) is 87.0 cm³/mol. The van der Waals surface area contributed by atoms with Gasteiger partial charge in [-0.1, -0.05) is 0 Å². The number of rotatable bonds is 5. The molecule has 1 amide bonds. The maximum Gasteiger partial charge on any atom is 0.267 e. The molecule has 0 aliphatic carbocycles. The Labute approximate surface area is 136 Å². The predicted octanol–water partition coefficient (Wildman–Crippen LogP) is 1.40. The summed E-state index contributed by atoms with van der Waals surface area (Å²) in [7, 11) is 1.57. The average Bonchev–Trinajstić information content (AvgIpc) is 3.08. The van der Waals surface area contributed by atoms with Gasteiger partial charge in [-0.05, 0) is 50.6 Å². The highest BCUT2D eigenvalue weighted by Gasteiger charge is 2.34. The number of ether oxygens (including phenoxy) is 2. The molecular formula is C17H24N2O4. The van der Waals surface area contributed by atoms with Gasteiger partial charge in [-0.25, -0.2) is 0 Å². The summed E-state index contributed by atoms with van der Waals surface area (Å²) in [6.45, 7) is 5.32. The number of aliphatic hydroxyl groups excluding tert-OH is 1. The lowest BCUT2D eigenvalue weighted by Gasteiger charge is -2.35. The number of carbonyl (C=O) groups excluding carboxylic acids is 1. The van der Waals surface area contributed by atoms with Crippen LogP contribution in [-0.4, -0.2) is 55.3 Å². The molecule has 23 heavy (non-hydrogen) atoms. The number of hydrogen-bond donors (Lipinski definition) is 1. The maximum absolute atomic E-state index is 12.6. The second kappa shape index (κ2) is 6.76. The van der Waals surface area contributed by atoms with Gasteiger partial charge in [0, 0.05) is 13.1 Å². The van der Waals surface area contributed by atoms with E-state index in [9.17, 15) is 9.90 Å². The third kappa shape index (κ3) is 3.14. The van der Waals surface area contributed by atoms with E-state index in [0.29, 0.717) is 29.3 Å². The van der Waals surface area contributed by atoms with E-state index in [1.54, 1.807) is 25.0 Å². The van der Waals surface area contributed by atoms with Crippen LogP contribution < -0.4 is 14.4 Å². The van der Waals surface area contributed by atoms with Gasteiger partial charge in [0.25, 0.3) is 5.91 Å². The quantitative estimate of drug-likeness (QED) is 0.888. The maximum atomic E-state index is 12.6. The minimum Gasteiger partial charge on any atom is -0.493 e. The Bertz CT molecular complexity index is 584. The van der Waals surface area contributed by atoms with E-state index in [1.807, 2.05) is 6.07 Å². The summed E-state index contributed by atoms with van der Waals surface area (Å²) in [5.41, 5.74) is 1.40. The van der Waals surface area contributed by atoms with Crippen LogP contribution in [-0.2, 0) is 11.4 Å². The lowest BCUT2D eigenvalue weighted by Crippen LogP contribution is -2.47. The number of hydrogen-bond acceptors (Lipinski definition) is 5. The minimum atomic E-state index is -0.532. The molecule has 0 spiro atoms. The molecule has 6 heteroatoms. The van der Waals surface area contributed by atoms with E-state index in [1.165, 1.54) is 12.8 Å². The SMILES string of the molecule is COc1cc(CO)cc2c1OC(C)C(=O)N2CCN1CCCC1. The molecule has 2 heterocycles. The topological polar surface area (TPSA) is 62.2 Å². The molecule has 0 bridgehead atoms. The van der Waals surface area contributed by atoms with E-state index >= 15 is 0 Å². The van der Waals surface area contributed by atoms with Crippen LogP contribution in [0.25, 0.3) is 0 Å². The second-order valence-corrected chi connectivity index (χ2v) is 6.10. The van der Waals surface area contributed by atoms with E-state index in [2.05, 4.69) is 4.90 Å². The van der Waals surface area contributed by atoms with Gasteiger partial charge in [0.1, 0.15) is 0 Å². The molecule has 0 aromatic heterocycles. The van der Waals surface area contributed by atoms with Crippen molar-refractivity contribution in [3.8, 4) is 11.5 Å². The molecule has 126 valence electrons. The van der Waals surface area contributed by atoms with Crippen LogP contribution in [0.5, 0.6) is 11.5 Å². The number of nitrogens with zero attached hydrogens (tertiary/aromatic N) is 2. The zero-order valence-electron chi connectivity index (χ0n) is 13.7. The van der Waals surface area contributed by atoms with Crippen molar-refractivity contribution in [3.63, 3.8) is 0 Å². The Morgan fingerprint density at radius 2 is 2.04 bits per heavy atom. The molecule has 3 rings (SSSR count). The van der Waals surface area contributed by atoms with E-state index in [-0.39, 0.29) is 12.5 Å². The number of likely N-dealkylation sites (tertiary alicyclic amines) is 1. The number of carbonyl (C=O) groups is 1. The lowest BCUT2D eigenvalue weighted by molar-refractivity contribution is -0.125. The van der Waals surface area contributed by atoms with Crippen LogP contribution in [0.3, 0.4) is 0 Å². The lowest BCUT2D eigenvalue weighted by atomic mass is 10.1. The Hall–Kier alpha value is -1.79. The number of fused-ring (bicyclic) bond motifs is 1. The summed E-state index contributed by atoms with van der Waals surface area (Å²) >= 11 is 0. The summed E-state index contributed by atoms with van der Waals surface area (Å²) in [6, 6.07) is 3.56. The van der Waals surface area contributed by atoms with Crippen LogP contribution in [0.1, 0.15) is 25.3 Å². The molecule has 1 unspecified atom stereocenters. The van der Waals surface area contributed by atoms with Gasteiger partial charge in [-0.3, -0.25) is 4.79 Å². The summed E-state index contributed by atoms with van der Waals surface area (Å²) in [4.78, 5) is 16.7. The Kier molecular flexibility index (Phi) is 4.73. The van der Waals surface area contributed by atoms with E-state index in [4.69, 9.17) is 9.47 Å². The zero-order valence-corrected chi connectivity index (χ0v) is 13.7. The average molecular weight is 320 g/mol. The molecule has 2 aliphatic rings. The Morgan fingerprint density at radius 3 is 2.70 bits per heavy atom. The van der Waals surface area contributed by atoms with Gasteiger partial charge in [0.05, 0.1) is 19.4 Å². The number of anilines is 1. The third-order valence-electron chi connectivity index (χ3n) is 4.54. The van der Waals surface area contributed by atoms with Crippen LogP contribution in [0.4, 0.5) is 5.69 Å². The fourth-order valence-electron chi connectivity index (χ4n) is 3.25. The molecule has 1 atom stereocenters. The normalized spacial score (nSPS) is 21.3. The highest BCUT2D eigenvalue weighted by Crippen LogP contribution is 2.42. The van der Waals surface area contributed by atoms with Crippen LogP contribution >= 0.6 is 0 Å². The first-order chi connectivity index (χ1) is 11.1. The third-order valence-corrected chi connectivity index (χ3v) is 4.54. The van der Waals surface area contributed by atoms with Gasteiger partial charge < -0.3 is 24.4 Å². The zero-order chi connectivity index (χ0) is 16.4. The van der Waals surface area contributed by atoms with E-state index in [0.717, 1.165) is 19.6 Å². The van der Waals surface area contributed by atoms with Crippen molar-refractivity contribution in [2.24, 2.45) is 0 Å². The number of aliphatic hydroxyl groups is 1. The number of amides is 1. The van der Waals surface area contributed by atoms with Crippen molar-refractivity contribution in [3.05, 3.63) is 17.7 Å². The van der Waals surface area contributed by atoms with Crippen molar-refractivity contribution in [1.82, 2.24) is 4.90 Å². The van der Waals surface area contributed by atoms with Crippen molar-refractivity contribution in [2.45, 2.75) is 32.5 Å². The molecule has 1 aromatic carbocycles. The summed E-state index contributed by atoms with van der Waals surface area (Å²) < 4.78 is 11.1. The number of methoxy groups -OCH3 is 1. The van der Waals surface area contributed by atoms with Crippen LogP contribution in [0.15, 0.2) is 12.1 Å². The van der Waals surface area contributed by atoms with Gasteiger partial charge in [-0.15, -0.1) is 0 Å². The molecule has 1 N–H and O–H groups in total. The van der Waals surface area contributed by atoms with Crippen molar-refractivity contribution >= 4 is 11.6 Å². The molecule has 1 saturated heterocycles. The van der Waals surface area contributed by atoms with Crippen molar-refractivity contribution < 1.29 is 19.4 Å². The number of benzene rings is 1. The van der Waals surface area contributed by atoms with Crippen LogP contribution in [0, 0.1) is 0 Å². The molecule has 1 aromatic rings. The first-order valence-corrected chi connectivity index (χ1v) is 8.16. The summed E-state index contributed by atoms with van der Waals surface area (Å²) in [5.74, 6) is 1.09. The summed E-state index contributed by atoms with van der Waals surface area (Å²) in [6.07, 6.45) is 1.92. The molecular weight excluding hydrogens is 296 g/mol. The Balaban J connectivity index is 1.90. The second-order valence-electron chi connectivity index (χ2n) is 6.10. The first-order valence-electron chi connectivity index (χ1n) is 8.16. The fraction of sp³-hybridized carbons (Fsp3) is 0.588. The highest BCUT2D eigenvalue weighted by atomic mass is 16.5. The molecule has 2 aliphatic heterocycles. The van der Waals surface area contributed by atoms with Gasteiger partial charge in [0.15, 0.2) is 17.6 Å². The van der Waals surface area contributed by atoms with Gasteiger partial charge in [0.2, 0.25) is 0 Å². The highest BCUT2D eigenvalue weighted by molar-refractivity contribution is 6.00. The minimum absolute atomic E-state index is 0.0474. The molecule has 6 nitrogen and oxygen atoms in total. The molecule has 1 fully saturated rings. The monoisotopic (exact) mass is 320 g/mol. The molecule has 0 radical (unpaired) electrons. The Morgan fingerprint density at radius 1 is 1.30 bits per heavy atom. The van der Waals surface area contributed by atoms with Gasteiger partial charge in [-0.2, -0.15) is 0 Å². The largest absolute Gasteiger partial charge is 0.493 e. The molecule has 0 saturated carbocycles. The van der Waals surface area contributed by atoms with Gasteiger partial charge >= 0.3 is 0 Å². The van der Waals surface area contributed by atoms with Crippen LogP contribution in [0.2, 0.25) is 0 Å². The summed E-state index contributed by atoms with van der Waals surface area (Å²) in [5, 5.41) is 9.46. The standard InChI is InChI=1S/C17H24N2O4/c1-12-17(21)19(8-7-18-5-3-4-6-18)14-9-13(11-20)10-15(22-2)16(14)23-12/h9-10,12,20H,3-8,11H2,1-2H3. The first kappa shape index (κ1) is 16.1. The smallest absolute Gasteiger partial charge is 0.267 e. The van der Waals surface area contributed by atoms with Crippen molar-refractivity contribution in [2.75, 3.05) is 38.2 Å². The fourth-order valence-corrected chi connectivity index (χ4v) is 3.25.